The van der Waals surface area contributed by atoms with Gasteiger partial charge in [0.1, 0.15) is 5.76 Å². The van der Waals surface area contributed by atoms with E-state index in [0.29, 0.717) is 0 Å². The number of amides is 1. The molecular weight excluding hydrogens is 165 g/mol. The fraction of sp³-hybridized carbons (Fsp3) is 0.250. The Bertz CT molecular complexity index is 293. The van der Waals surface area contributed by atoms with Crippen LogP contribution in [0.15, 0.2) is 11.8 Å². The Kier molecular flexibility index (Phi) is 3.17. The third kappa shape index (κ3) is 2.97. The van der Waals surface area contributed by atoms with E-state index in [0.717, 1.165) is 6.08 Å². The molecule has 58 valence electrons. The summed E-state index contributed by atoms with van der Waals surface area (Å²) in [4.78, 5) is 10.4. The SMILES string of the molecule is CC1=CC(=O)NS(=O)(=O)O1.[LiH]. The van der Waals surface area contributed by atoms with Gasteiger partial charge in [-0.2, -0.15) is 8.42 Å². The van der Waals surface area contributed by atoms with Gasteiger partial charge in [-0.3, -0.25) is 4.79 Å². The topological polar surface area (TPSA) is 72.5 Å². The molecule has 1 aliphatic rings. The van der Waals surface area contributed by atoms with Crippen molar-refractivity contribution < 1.29 is 17.4 Å². The van der Waals surface area contributed by atoms with Crippen molar-refractivity contribution in [1.29, 1.82) is 0 Å². The molecule has 0 radical (unpaired) electrons. The molecular formula is C4H6LiNO4S. The summed E-state index contributed by atoms with van der Waals surface area (Å²) < 4.78 is 26.8. The predicted molar refractivity (Wildman–Crippen MR) is 39.1 cm³/mol. The summed E-state index contributed by atoms with van der Waals surface area (Å²) in [7, 11) is -3.85. The zero-order valence-electron chi connectivity index (χ0n) is 5.12. The van der Waals surface area contributed by atoms with Gasteiger partial charge in [-0.1, -0.05) is 0 Å². The average molecular weight is 171 g/mol. The van der Waals surface area contributed by atoms with Gasteiger partial charge in [0.15, 0.2) is 0 Å². The molecule has 0 spiro atoms. The van der Waals surface area contributed by atoms with E-state index >= 15 is 0 Å². The predicted octanol–water partition coefficient (Wildman–Crippen LogP) is -1.37. The zero-order chi connectivity index (χ0) is 7.78. The van der Waals surface area contributed by atoms with E-state index in [2.05, 4.69) is 4.18 Å². The molecule has 0 aromatic rings. The minimum absolute atomic E-state index is 0. The molecule has 0 saturated heterocycles. The maximum absolute atomic E-state index is 10.5. The summed E-state index contributed by atoms with van der Waals surface area (Å²) >= 11 is 0. The molecule has 1 amide bonds. The van der Waals surface area contributed by atoms with E-state index in [-0.39, 0.29) is 24.6 Å². The van der Waals surface area contributed by atoms with Gasteiger partial charge >= 0.3 is 29.2 Å². The van der Waals surface area contributed by atoms with Crippen molar-refractivity contribution in [3.63, 3.8) is 0 Å². The summed E-state index contributed by atoms with van der Waals surface area (Å²) in [6.45, 7) is 1.39. The van der Waals surface area contributed by atoms with Crippen LogP contribution >= 0.6 is 0 Å². The molecule has 1 N–H and O–H groups in total. The third-order valence-corrected chi connectivity index (χ3v) is 1.73. The Hall–Kier alpha value is -0.443. The van der Waals surface area contributed by atoms with E-state index < -0.39 is 16.2 Å². The van der Waals surface area contributed by atoms with E-state index in [1.807, 2.05) is 0 Å². The van der Waals surface area contributed by atoms with Crippen LogP contribution in [-0.2, 0) is 19.3 Å². The van der Waals surface area contributed by atoms with Crippen molar-refractivity contribution in [2.24, 2.45) is 0 Å². The summed E-state index contributed by atoms with van der Waals surface area (Å²) in [6, 6.07) is 0. The summed E-state index contributed by atoms with van der Waals surface area (Å²) in [5, 5.41) is 0. The Labute approximate surface area is 76.2 Å². The number of allylic oxidation sites excluding steroid dienone is 1. The number of hydrogen-bond donors (Lipinski definition) is 1. The standard InChI is InChI=1S/C4H5NO4S.Li.H/c1-3-2-4(6)5-10(7,8)9-3;;/h2H,1H3,(H,5,6);;. The molecule has 0 aromatic carbocycles. The van der Waals surface area contributed by atoms with Crippen LogP contribution in [0.3, 0.4) is 0 Å². The molecule has 0 aromatic heterocycles. The molecule has 1 heterocycles. The number of carbonyl (C=O) groups excluding carboxylic acids is 1. The number of nitrogens with one attached hydrogen (secondary N) is 1. The Balaban J connectivity index is 0.000001000. The Morgan fingerprint density at radius 2 is 2.09 bits per heavy atom. The summed E-state index contributed by atoms with van der Waals surface area (Å²) in [5.41, 5.74) is 0. The van der Waals surface area contributed by atoms with Crippen molar-refractivity contribution >= 4 is 35.1 Å². The fourth-order valence-electron chi connectivity index (χ4n) is 0.555. The second-order valence-corrected chi connectivity index (χ2v) is 3.04. The van der Waals surface area contributed by atoms with Crippen molar-refractivity contribution in [2.45, 2.75) is 6.92 Å². The molecule has 7 heteroatoms. The van der Waals surface area contributed by atoms with E-state index in [1.54, 1.807) is 4.72 Å². The first-order chi connectivity index (χ1) is 4.49. The molecule has 1 aliphatic heterocycles. The molecule has 0 saturated carbocycles. The molecule has 0 fully saturated rings. The van der Waals surface area contributed by atoms with Gasteiger partial charge in [0.05, 0.1) is 0 Å². The zero-order valence-corrected chi connectivity index (χ0v) is 5.94. The van der Waals surface area contributed by atoms with Crippen molar-refractivity contribution in [3.8, 4) is 0 Å². The molecule has 0 bridgehead atoms. The van der Waals surface area contributed by atoms with Crippen molar-refractivity contribution in [1.82, 2.24) is 4.72 Å². The van der Waals surface area contributed by atoms with Crippen LogP contribution in [0.1, 0.15) is 6.92 Å². The maximum atomic E-state index is 10.5. The van der Waals surface area contributed by atoms with Gasteiger partial charge in [-0.25, -0.2) is 4.72 Å². The first-order valence-electron chi connectivity index (χ1n) is 2.44. The van der Waals surface area contributed by atoms with E-state index in [9.17, 15) is 13.2 Å². The quantitative estimate of drug-likeness (QED) is 0.456. The van der Waals surface area contributed by atoms with Gasteiger partial charge in [0.2, 0.25) is 0 Å². The van der Waals surface area contributed by atoms with E-state index in [4.69, 9.17) is 0 Å². The first-order valence-corrected chi connectivity index (χ1v) is 3.85. The van der Waals surface area contributed by atoms with Crippen LogP contribution in [0.4, 0.5) is 0 Å². The first kappa shape index (κ1) is 10.6. The molecule has 0 aliphatic carbocycles. The van der Waals surface area contributed by atoms with Crippen LogP contribution < -0.4 is 4.72 Å². The summed E-state index contributed by atoms with van der Waals surface area (Å²) in [6.07, 6.45) is 1.06. The molecule has 5 nitrogen and oxygen atoms in total. The Morgan fingerprint density at radius 3 is 2.45 bits per heavy atom. The molecule has 0 atom stereocenters. The number of hydrogen-bond acceptors (Lipinski definition) is 4. The molecule has 1 rings (SSSR count). The van der Waals surface area contributed by atoms with Crippen LogP contribution in [-0.4, -0.2) is 33.2 Å². The molecule has 0 unspecified atom stereocenters. The fourth-order valence-corrected chi connectivity index (χ4v) is 1.30. The number of rotatable bonds is 0. The van der Waals surface area contributed by atoms with Gasteiger partial charge in [-0.05, 0) is 6.92 Å². The van der Waals surface area contributed by atoms with Crippen LogP contribution in [0.5, 0.6) is 0 Å². The van der Waals surface area contributed by atoms with Crippen LogP contribution in [0, 0.1) is 0 Å². The monoisotopic (exact) mass is 171 g/mol. The minimum atomic E-state index is -3.85. The van der Waals surface area contributed by atoms with Gasteiger partial charge < -0.3 is 4.18 Å². The van der Waals surface area contributed by atoms with Gasteiger partial charge in [0.25, 0.3) is 5.91 Å². The van der Waals surface area contributed by atoms with Crippen molar-refractivity contribution in [3.05, 3.63) is 11.8 Å². The third-order valence-electron chi connectivity index (χ3n) is 0.801. The molecule has 11 heavy (non-hydrogen) atoms. The second-order valence-electron chi connectivity index (χ2n) is 1.76. The van der Waals surface area contributed by atoms with Gasteiger partial charge in [-0.15, -0.1) is 0 Å². The average Bonchev–Trinajstić information content (AvgIpc) is 1.54. The van der Waals surface area contributed by atoms with Crippen molar-refractivity contribution in [2.75, 3.05) is 0 Å². The van der Waals surface area contributed by atoms with Crippen LogP contribution in [0.25, 0.3) is 0 Å². The van der Waals surface area contributed by atoms with E-state index in [1.165, 1.54) is 6.92 Å². The van der Waals surface area contributed by atoms with Gasteiger partial charge in [0, 0.05) is 6.08 Å². The normalized spacial score (nSPS) is 20.5. The second kappa shape index (κ2) is 3.30. The summed E-state index contributed by atoms with van der Waals surface area (Å²) in [5.74, 6) is -0.604. The number of carbonyl (C=O) groups is 1. The Morgan fingerprint density at radius 1 is 1.55 bits per heavy atom. The van der Waals surface area contributed by atoms with Crippen LogP contribution in [0.2, 0.25) is 0 Å².